The summed E-state index contributed by atoms with van der Waals surface area (Å²) in [6, 6.07) is 0.787. The van der Waals surface area contributed by atoms with Crippen molar-refractivity contribution in [1.29, 1.82) is 0 Å². The summed E-state index contributed by atoms with van der Waals surface area (Å²) in [6.07, 6.45) is -0.316. The number of benzene rings is 1. The fraction of sp³-hybridized carbons (Fsp3) is 0.667. The summed E-state index contributed by atoms with van der Waals surface area (Å²) in [4.78, 5) is 14.4. The summed E-state index contributed by atoms with van der Waals surface area (Å²) in [6.45, 7) is 2.55. The first-order chi connectivity index (χ1) is 15.4. The van der Waals surface area contributed by atoms with Crippen molar-refractivity contribution in [3.05, 3.63) is 35.1 Å². The van der Waals surface area contributed by atoms with Crippen LogP contribution in [0.2, 0.25) is 0 Å². The third-order valence-electron chi connectivity index (χ3n) is 6.49. The molecule has 1 N–H and O–H groups in total. The molecule has 1 aromatic carbocycles. The maximum Gasteiger partial charge on any atom is 0.257 e. The van der Waals surface area contributed by atoms with Crippen molar-refractivity contribution >= 4 is 28.3 Å². The van der Waals surface area contributed by atoms with Crippen molar-refractivity contribution in [2.45, 2.75) is 50.5 Å². The van der Waals surface area contributed by atoms with Gasteiger partial charge in [-0.3, -0.25) is 9.69 Å². The zero-order chi connectivity index (χ0) is 24.4. The highest BCUT2D eigenvalue weighted by atomic mass is 35.5. The molecule has 2 fully saturated rings. The van der Waals surface area contributed by atoms with Crippen LogP contribution >= 0.6 is 12.4 Å². The number of rotatable bonds is 7. The van der Waals surface area contributed by atoms with Crippen LogP contribution in [0.25, 0.3) is 0 Å². The molecule has 0 radical (unpaired) electrons. The Morgan fingerprint density at radius 3 is 2.03 bits per heavy atom. The molecule has 1 aliphatic carbocycles. The van der Waals surface area contributed by atoms with E-state index < -0.39 is 63.2 Å². The topological polar surface area (TPSA) is 69.7 Å². The Balaban J connectivity index is 0.00000408. The molecule has 0 unspecified atom stereocenters. The monoisotopic (exact) mass is 533 g/mol. The average Bonchev–Trinajstić information content (AvgIpc) is 2.73. The summed E-state index contributed by atoms with van der Waals surface area (Å²) in [5.41, 5.74) is -1.85. The van der Waals surface area contributed by atoms with Crippen LogP contribution in [0, 0.1) is 17.5 Å². The highest BCUT2D eigenvalue weighted by Gasteiger charge is 2.47. The number of carbonyl (C=O) groups is 1. The van der Waals surface area contributed by atoms with Gasteiger partial charge >= 0.3 is 0 Å². The standard InChI is InChI=1S/C21H28F5N3O3S.ClH/c1-2-11-33(31,32)29-9-7-28(8-10-29)20(3-5-21(25,26)6-4-20)14-27-19(30)18-16(23)12-15(22)13-17(18)24;/h12-13H,2-11,14H2,1H3,(H,27,30);1H. The molecule has 34 heavy (non-hydrogen) atoms. The minimum absolute atomic E-state index is 0. The van der Waals surface area contributed by atoms with E-state index in [0.717, 1.165) is 0 Å². The van der Waals surface area contributed by atoms with Gasteiger partial charge in [-0.25, -0.2) is 30.4 Å². The van der Waals surface area contributed by atoms with Crippen LogP contribution in [0.1, 0.15) is 49.4 Å². The van der Waals surface area contributed by atoms with Gasteiger partial charge in [0, 0.05) is 63.2 Å². The van der Waals surface area contributed by atoms with E-state index >= 15 is 0 Å². The minimum Gasteiger partial charge on any atom is -0.350 e. The molecule has 3 rings (SSSR count). The number of alkyl halides is 2. The van der Waals surface area contributed by atoms with Crippen LogP contribution in [0.3, 0.4) is 0 Å². The van der Waals surface area contributed by atoms with Crippen molar-refractivity contribution in [3.63, 3.8) is 0 Å². The van der Waals surface area contributed by atoms with Crippen molar-refractivity contribution in [1.82, 2.24) is 14.5 Å². The zero-order valence-electron chi connectivity index (χ0n) is 18.8. The van der Waals surface area contributed by atoms with Gasteiger partial charge in [0.2, 0.25) is 15.9 Å². The Kier molecular flexibility index (Phi) is 9.34. The Hall–Kier alpha value is -1.50. The Morgan fingerprint density at radius 1 is 1.00 bits per heavy atom. The van der Waals surface area contributed by atoms with Gasteiger partial charge in [0.15, 0.2) is 0 Å². The summed E-state index contributed by atoms with van der Waals surface area (Å²) in [5, 5.41) is 2.44. The van der Waals surface area contributed by atoms with Crippen LogP contribution in [-0.2, 0) is 10.0 Å². The quantitative estimate of drug-likeness (QED) is 0.544. The first-order valence-electron chi connectivity index (χ1n) is 10.9. The maximum atomic E-state index is 14.0. The number of halogens is 6. The van der Waals surface area contributed by atoms with Crippen LogP contribution in [0.15, 0.2) is 12.1 Å². The molecule has 1 saturated heterocycles. The summed E-state index contributed by atoms with van der Waals surface area (Å²) >= 11 is 0. The lowest BCUT2D eigenvalue weighted by molar-refractivity contribution is -0.0856. The predicted molar refractivity (Wildman–Crippen MR) is 119 cm³/mol. The van der Waals surface area contributed by atoms with E-state index in [1.54, 1.807) is 6.92 Å². The van der Waals surface area contributed by atoms with E-state index in [0.29, 0.717) is 18.6 Å². The first-order valence-corrected chi connectivity index (χ1v) is 12.5. The minimum atomic E-state index is -3.40. The number of carbonyl (C=O) groups excluding carboxylic acids is 1. The van der Waals surface area contributed by atoms with Crippen LogP contribution in [0.5, 0.6) is 0 Å². The third-order valence-corrected chi connectivity index (χ3v) is 8.57. The van der Waals surface area contributed by atoms with Crippen molar-refractivity contribution in [2.75, 3.05) is 38.5 Å². The van der Waals surface area contributed by atoms with Gasteiger partial charge in [-0.1, -0.05) is 6.92 Å². The molecular weight excluding hydrogens is 505 g/mol. The summed E-state index contributed by atoms with van der Waals surface area (Å²) in [7, 11) is -3.40. The number of hydrogen-bond acceptors (Lipinski definition) is 4. The second kappa shape index (κ2) is 11.0. The van der Waals surface area contributed by atoms with Gasteiger partial charge < -0.3 is 5.32 Å². The predicted octanol–water partition coefficient (Wildman–Crippen LogP) is 3.56. The Bertz CT molecular complexity index is 955. The fourth-order valence-electron chi connectivity index (χ4n) is 4.61. The smallest absolute Gasteiger partial charge is 0.257 e. The van der Waals surface area contributed by atoms with E-state index in [4.69, 9.17) is 0 Å². The van der Waals surface area contributed by atoms with E-state index in [1.807, 2.05) is 4.90 Å². The summed E-state index contributed by atoms with van der Waals surface area (Å²) in [5.74, 6) is -7.81. The molecule has 6 nitrogen and oxygen atoms in total. The molecule has 1 heterocycles. The van der Waals surface area contributed by atoms with E-state index in [2.05, 4.69) is 5.32 Å². The highest BCUT2D eigenvalue weighted by Crippen LogP contribution is 2.42. The van der Waals surface area contributed by atoms with Gasteiger partial charge in [-0.15, -0.1) is 12.4 Å². The molecule has 1 amide bonds. The molecule has 13 heteroatoms. The molecule has 0 spiro atoms. The lowest BCUT2D eigenvalue weighted by atomic mass is 9.78. The van der Waals surface area contributed by atoms with Gasteiger partial charge in [0.25, 0.3) is 5.91 Å². The van der Waals surface area contributed by atoms with Crippen LogP contribution in [0.4, 0.5) is 22.0 Å². The molecular formula is C21H29ClF5N3O3S. The normalized spacial score (nSPS) is 21.0. The number of sulfonamides is 1. The first kappa shape index (κ1) is 28.7. The van der Waals surface area contributed by atoms with Crippen molar-refractivity contribution in [3.8, 4) is 0 Å². The van der Waals surface area contributed by atoms with Gasteiger partial charge in [-0.2, -0.15) is 4.31 Å². The number of nitrogens with one attached hydrogen (secondary N) is 1. The van der Waals surface area contributed by atoms with Crippen LogP contribution < -0.4 is 5.32 Å². The summed E-state index contributed by atoms with van der Waals surface area (Å²) < 4.78 is 95.0. The molecule has 1 saturated carbocycles. The molecule has 194 valence electrons. The fourth-order valence-corrected chi connectivity index (χ4v) is 6.10. The highest BCUT2D eigenvalue weighted by molar-refractivity contribution is 7.89. The van der Waals surface area contributed by atoms with E-state index in [9.17, 15) is 35.2 Å². The molecule has 1 aromatic rings. The van der Waals surface area contributed by atoms with Gasteiger partial charge in [0.1, 0.15) is 23.0 Å². The molecule has 0 aromatic heterocycles. The third kappa shape index (κ3) is 6.38. The number of amides is 1. The largest absolute Gasteiger partial charge is 0.350 e. The molecule has 1 aliphatic heterocycles. The number of nitrogens with zero attached hydrogens (tertiary/aromatic N) is 2. The lowest BCUT2D eigenvalue weighted by Gasteiger charge is -2.50. The number of hydrogen-bond donors (Lipinski definition) is 1. The molecule has 0 atom stereocenters. The van der Waals surface area contributed by atoms with Crippen LogP contribution in [-0.4, -0.2) is 73.5 Å². The zero-order valence-corrected chi connectivity index (χ0v) is 20.4. The second-order valence-electron chi connectivity index (χ2n) is 8.71. The second-order valence-corrected chi connectivity index (χ2v) is 10.8. The molecule has 0 bridgehead atoms. The lowest BCUT2D eigenvalue weighted by Crippen LogP contribution is -2.63. The Morgan fingerprint density at radius 2 is 1.53 bits per heavy atom. The van der Waals surface area contributed by atoms with E-state index in [-0.39, 0.29) is 63.7 Å². The van der Waals surface area contributed by atoms with E-state index in [1.165, 1.54) is 4.31 Å². The van der Waals surface area contributed by atoms with Crippen molar-refractivity contribution in [2.24, 2.45) is 0 Å². The maximum absolute atomic E-state index is 14.0. The SMILES string of the molecule is CCCS(=O)(=O)N1CCN(C2(CNC(=O)c3c(F)cc(F)cc3F)CCC(F)(F)CC2)CC1.Cl. The van der Waals surface area contributed by atoms with Crippen molar-refractivity contribution < 1.29 is 35.2 Å². The van der Waals surface area contributed by atoms with Gasteiger partial charge in [0.05, 0.1) is 5.75 Å². The Labute approximate surface area is 202 Å². The molecule has 2 aliphatic rings. The van der Waals surface area contributed by atoms with Gasteiger partial charge in [-0.05, 0) is 19.3 Å². The number of piperazine rings is 1. The average molecular weight is 534 g/mol.